The Morgan fingerprint density at radius 3 is 2.41 bits per heavy atom. The van der Waals surface area contributed by atoms with Gasteiger partial charge in [-0.2, -0.15) is 0 Å². The van der Waals surface area contributed by atoms with E-state index >= 15 is 0 Å². The quantitative estimate of drug-likeness (QED) is 0.851. The van der Waals surface area contributed by atoms with E-state index in [2.05, 4.69) is 69.3 Å². The summed E-state index contributed by atoms with van der Waals surface area (Å²) >= 11 is 0. The summed E-state index contributed by atoms with van der Waals surface area (Å²) < 4.78 is 0. The normalized spacial score (nSPS) is 21.3. The zero-order chi connectivity index (χ0) is 18.6. The van der Waals surface area contributed by atoms with Gasteiger partial charge in [-0.25, -0.2) is 9.97 Å². The van der Waals surface area contributed by atoms with Gasteiger partial charge in [-0.1, -0.05) is 13.8 Å². The van der Waals surface area contributed by atoms with Crippen molar-refractivity contribution in [3.63, 3.8) is 0 Å². The largest absolute Gasteiger partial charge is 0.372 e. The second kappa shape index (κ2) is 8.15. The molecule has 0 radical (unpaired) electrons. The number of aromatic nitrogens is 2. The molecule has 27 heavy (non-hydrogen) atoms. The summed E-state index contributed by atoms with van der Waals surface area (Å²) in [6.07, 6.45) is 6.80. The molecule has 3 heterocycles. The fourth-order valence-corrected chi connectivity index (χ4v) is 4.16. The number of anilines is 4. The number of benzene rings is 1. The minimum absolute atomic E-state index is 0.732. The Bertz CT molecular complexity index is 737. The molecule has 0 aliphatic carbocycles. The predicted molar refractivity (Wildman–Crippen MR) is 113 cm³/mol. The van der Waals surface area contributed by atoms with Crippen LogP contribution in [0.25, 0.3) is 0 Å². The summed E-state index contributed by atoms with van der Waals surface area (Å²) in [5.74, 6) is 3.48. The lowest BCUT2D eigenvalue weighted by Crippen LogP contribution is -2.34. The van der Waals surface area contributed by atoms with Gasteiger partial charge in [-0.05, 0) is 61.8 Å². The minimum Gasteiger partial charge on any atom is -0.372 e. The van der Waals surface area contributed by atoms with Gasteiger partial charge in [0.2, 0.25) is 0 Å². The lowest BCUT2D eigenvalue weighted by molar-refractivity contribution is 0.438. The Kier molecular flexibility index (Phi) is 5.46. The molecule has 1 N–H and O–H groups in total. The molecule has 144 valence electrons. The van der Waals surface area contributed by atoms with Crippen molar-refractivity contribution in [2.45, 2.75) is 39.5 Å². The first-order chi connectivity index (χ1) is 13.2. The molecule has 1 aromatic heterocycles. The van der Waals surface area contributed by atoms with Crippen molar-refractivity contribution in [2.24, 2.45) is 11.8 Å². The minimum atomic E-state index is 0.732. The number of piperidine rings is 2. The topological polar surface area (TPSA) is 44.3 Å². The molecular formula is C22H31N5. The van der Waals surface area contributed by atoms with Crippen LogP contribution in [0.4, 0.5) is 23.0 Å². The van der Waals surface area contributed by atoms with E-state index in [-0.39, 0.29) is 0 Å². The molecule has 1 unspecified atom stereocenters. The highest BCUT2D eigenvalue weighted by Gasteiger charge is 2.18. The summed E-state index contributed by atoms with van der Waals surface area (Å²) in [6, 6.07) is 10.8. The maximum absolute atomic E-state index is 4.49. The summed E-state index contributed by atoms with van der Waals surface area (Å²) in [7, 11) is 0. The van der Waals surface area contributed by atoms with Crippen molar-refractivity contribution in [2.75, 3.05) is 41.3 Å². The maximum Gasteiger partial charge on any atom is 0.135 e. The van der Waals surface area contributed by atoms with E-state index in [4.69, 9.17) is 0 Å². The summed E-state index contributed by atoms with van der Waals surface area (Å²) in [6.45, 7) is 9.17. The molecule has 2 saturated heterocycles. The molecule has 0 bridgehead atoms. The molecule has 0 amide bonds. The third kappa shape index (κ3) is 4.52. The van der Waals surface area contributed by atoms with Crippen molar-refractivity contribution >= 4 is 23.0 Å². The highest BCUT2D eigenvalue weighted by Crippen LogP contribution is 2.26. The first kappa shape index (κ1) is 18.1. The Morgan fingerprint density at radius 1 is 0.889 bits per heavy atom. The zero-order valence-corrected chi connectivity index (χ0v) is 16.6. The lowest BCUT2D eigenvalue weighted by atomic mass is 9.99. The molecule has 2 fully saturated rings. The Balaban J connectivity index is 1.41. The second-order valence-electron chi connectivity index (χ2n) is 8.30. The zero-order valence-electron chi connectivity index (χ0n) is 16.6. The van der Waals surface area contributed by atoms with Gasteiger partial charge in [-0.15, -0.1) is 0 Å². The summed E-state index contributed by atoms with van der Waals surface area (Å²) in [4.78, 5) is 13.8. The fraction of sp³-hybridized carbons (Fsp3) is 0.545. The van der Waals surface area contributed by atoms with Gasteiger partial charge in [0.1, 0.15) is 18.0 Å². The molecule has 0 spiro atoms. The first-order valence-electron chi connectivity index (χ1n) is 10.4. The Hall–Kier alpha value is -2.30. The van der Waals surface area contributed by atoms with Crippen LogP contribution in [0.3, 0.4) is 0 Å². The van der Waals surface area contributed by atoms with E-state index in [0.717, 1.165) is 55.3 Å². The average Bonchev–Trinajstić information content (AvgIpc) is 2.70. The number of nitrogens with one attached hydrogen (secondary N) is 1. The van der Waals surface area contributed by atoms with Crippen LogP contribution >= 0.6 is 0 Å². The number of hydrogen-bond acceptors (Lipinski definition) is 5. The van der Waals surface area contributed by atoms with Crippen LogP contribution in [0.5, 0.6) is 0 Å². The Morgan fingerprint density at radius 2 is 1.67 bits per heavy atom. The molecule has 1 atom stereocenters. The smallest absolute Gasteiger partial charge is 0.135 e. The second-order valence-corrected chi connectivity index (χ2v) is 8.30. The van der Waals surface area contributed by atoms with Crippen LogP contribution in [-0.2, 0) is 0 Å². The van der Waals surface area contributed by atoms with Gasteiger partial charge in [0.15, 0.2) is 0 Å². The monoisotopic (exact) mass is 365 g/mol. The standard InChI is InChI=1S/C22H31N5/c1-17-9-12-26(13-10-17)20-7-5-19(6-8-20)25-21-14-22(24-16-23-21)27-11-3-4-18(2)15-27/h5-8,14,16-18H,3-4,9-13,15H2,1-2H3,(H,23,24,25). The average molecular weight is 366 g/mol. The third-order valence-electron chi connectivity index (χ3n) is 5.92. The molecule has 2 aliphatic heterocycles. The van der Waals surface area contributed by atoms with E-state index in [1.54, 1.807) is 6.33 Å². The fourth-order valence-electron chi connectivity index (χ4n) is 4.16. The number of nitrogens with zero attached hydrogens (tertiary/aromatic N) is 4. The van der Waals surface area contributed by atoms with Crippen LogP contribution in [-0.4, -0.2) is 36.1 Å². The van der Waals surface area contributed by atoms with E-state index < -0.39 is 0 Å². The highest BCUT2D eigenvalue weighted by molar-refractivity contribution is 5.62. The van der Waals surface area contributed by atoms with Crippen molar-refractivity contribution in [1.82, 2.24) is 9.97 Å². The summed E-state index contributed by atoms with van der Waals surface area (Å²) in [5, 5.41) is 3.44. The van der Waals surface area contributed by atoms with Gasteiger partial charge >= 0.3 is 0 Å². The number of rotatable bonds is 4. The Labute approximate surface area is 162 Å². The van der Waals surface area contributed by atoms with Crippen molar-refractivity contribution in [1.29, 1.82) is 0 Å². The maximum atomic E-state index is 4.49. The van der Waals surface area contributed by atoms with Gasteiger partial charge in [0.25, 0.3) is 0 Å². The molecule has 4 rings (SSSR count). The van der Waals surface area contributed by atoms with Gasteiger partial charge in [0, 0.05) is 43.6 Å². The van der Waals surface area contributed by atoms with E-state index in [1.807, 2.05) is 0 Å². The molecule has 1 aromatic carbocycles. The molecule has 0 saturated carbocycles. The molecule has 5 heteroatoms. The SMILES string of the molecule is CC1CCN(c2ccc(Nc3cc(N4CCCC(C)C4)ncn3)cc2)CC1. The van der Waals surface area contributed by atoms with Crippen molar-refractivity contribution in [3.05, 3.63) is 36.7 Å². The van der Waals surface area contributed by atoms with Crippen molar-refractivity contribution in [3.8, 4) is 0 Å². The van der Waals surface area contributed by atoms with Crippen LogP contribution in [0.15, 0.2) is 36.7 Å². The van der Waals surface area contributed by atoms with Crippen LogP contribution in [0.1, 0.15) is 39.5 Å². The van der Waals surface area contributed by atoms with Crippen molar-refractivity contribution < 1.29 is 0 Å². The predicted octanol–water partition coefficient (Wildman–Crippen LogP) is 4.69. The molecule has 5 nitrogen and oxygen atoms in total. The van der Waals surface area contributed by atoms with Crippen LogP contribution in [0, 0.1) is 11.8 Å². The third-order valence-corrected chi connectivity index (χ3v) is 5.92. The highest BCUT2D eigenvalue weighted by atomic mass is 15.2. The first-order valence-corrected chi connectivity index (χ1v) is 10.4. The van der Waals surface area contributed by atoms with E-state index in [9.17, 15) is 0 Å². The lowest BCUT2D eigenvalue weighted by Gasteiger charge is -2.32. The van der Waals surface area contributed by atoms with E-state index in [1.165, 1.54) is 31.4 Å². The van der Waals surface area contributed by atoms with Crippen LogP contribution < -0.4 is 15.1 Å². The molecular weight excluding hydrogens is 334 g/mol. The van der Waals surface area contributed by atoms with Gasteiger partial charge in [-0.3, -0.25) is 0 Å². The van der Waals surface area contributed by atoms with E-state index in [0.29, 0.717) is 0 Å². The summed E-state index contributed by atoms with van der Waals surface area (Å²) in [5.41, 5.74) is 2.39. The van der Waals surface area contributed by atoms with Gasteiger partial charge in [0.05, 0.1) is 0 Å². The molecule has 2 aliphatic rings. The molecule has 2 aromatic rings. The van der Waals surface area contributed by atoms with Gasteiger partial charge < -0.3 is 15.1 Å². The van der Waals surface area contributed by atoms with Crippen LogP contribution in [0.2, 0.25) is 0 Å². The number of hydrogen-bond donors (Lipinski definition) is 1.